The fourth-order valence-electron chi connectivity index (χ4n) is 2.57. The Hall–Kier alpha value is -3.76. The molecule has 0 aliphatic heterocycles. The van der Waals surface area contributed by atoms with Gasteiger partial charge in [-0.1, -0.05) is 0 Å². The van der Waals surface area contributed by atoms with Crippen LogP contribution in [0.5, 0.6) is 0 Å². The van der Waals surface area contributed by atoms with Crippen LogP contribution in [0.1, 0.15) is 16.1 Å². The van der Waals surface area contributed by atoms with Gasteiger partial charge in [-0.05, 0) is 6.07 Å². The van der Waals surface area contributed by atoms with Gasteiger partial charge in [0.25, 0.3) is 5.91 Å². The van der Waals surface area contributed by atoms with Crippen molar-refractivity contribution >= 4 is 22.6 Å². The van der Waals surface area contributed by atoms with E-state index < -0.39 is 11.9 Å². The van der Waals surface area contributed by atoms with E-state index in [2.05, 4.69) is 30.4 Å². The Bertz CT molecular complexity index is 1160. The van der Waals surface area contributed by atoms with Crippen molar-refractivity contribution in [2.24, 2.45) is 7.05 Å². The van der Waals surface area contributed by atoms with Gasteiger partial charge < -0.3 is 10.3 Å². The van der Waals surface area contributed by atoms with Crippen molar-refractivity contribution in [3.8, 4) is 11.4 Å². The normalized spacial score (nSPS) is 11.7. The fraction of sp³-hybridized carbons (Fsp3) is 0.118. The van der Waals surface area contributed by atoms with Gasteiger partial charge in [0.1, 0.15) is 11.5 Å². The largest absolute Gasteiger partial charge is 0.434 e. The first-order valence-electron chi connectivity index (χ1n) is 7.98. The molecule has 8 nitrogen and oxygen atoms in total. The van der Waals surface area contributed by atoms with E-state index in [1.54, 1.807) is 25.4 Å². The number of aromatic nitrogens is 6. The first-order chi connectivity index (χ1) is 13.3. The van der Waals surface area contributed by atoms with Crippen molar-refractivity contribution in [1.82, 2.24) is 29.7 Å². The average Bonchev–Trinajstić information content (AvgIpc) is 3.27. The van der Waals surface area contributed by atoms with Crippen LogP contribution in [0.25, 0.3) is 22.3 Å². The number of alkyl halides is 3. The van der Waals surface area contributed by atoms with Gasteiger partial charge in [-0.15, -0.1) is 0 Å². The number of halogens is 3. The van der Waals surface area contributed by atoms with Gasteiger partial charge in [0.2, 0.25) is 0 Å². The van der Waals surface area contributed by atoms with Crippen molar-refractivity contribution in [3.05, 3.63) is 54.4 Å². The molecule has 0 spiro atoms. The molecular weight excluding hydrogens is 375 g/mol. The summed E-state index contributed by atoms with van der Waals surface area (Å²) in [4.78, 5) is 26.6. The molecule has 0 atom stereocenters. The number of aromatic amines is 1. The molecular formula is C17H12F3N7O. The Morgan fingerprint density at radius 1 is 1.11 bits per heavy atom. The molecule has 4 aromatic heterocycles. The first kappa shape index (κ1) is 17.6. The molecule has 0 saturated carbocycles. The second kappa shape index (κ2) is 6.44. The topological polar surface area (TPSA) is 101 Å². The van der Waals surface area contributed by atoms with E-state index in [1.165, 1.54) is 17.1 Å². The third-order valence-electron chi connectivity index (χ3n) is 3.93. The summed E-state index contributed by atoms with van der Waals surface area (Å²) in [6, 6.07) is 3.30. The molecule has 2 N–H and O–H groups in total. The molecule has 0 aliphatic carbocycles. The van der Waals surface area contributed by atoms with E-state index in [0.717, 1.165) is 6.20 Å². The third kappa shape index (κ3) is 3.41. The van der Waals surface area contributed by atoms with Gasteiger partial charge in [0.15, 0.2) is 5.69 Å². The number of pyridine rings is 1. The van der Waals surface area contributed by atoms with Crippen LogP contribution < -0.4 is 5.32 Å². The molecule has 142 valence electrons. The molecule has 0 aliphatic rings. The molecule has 0 bridgehead atoms. The van der Waals surface area contributed by atoms with Crippen molar-refractivity contribution in [2.75, 3.05) is 5.32 Å². The third-order valence-corrected chi connectivity index (χ3v) is 3.93. The van der Waals surface area contributed by atoms with Crippen molar-refractivity contribution < 1.29 is 18.0 Å². The van der Waals surface area contributed by atoms with E-state index >= 15 is 0 Å². The highest BCUT2D eigenvalue weighted by atomic mass is 19.4. The molecule has 11 heteroatoms. The molecule has 0 unspecified atom stereocenters. The van der Waals surface area contributed by atoms with Crippen LogP contribution in [0.2, 0.25) is 0 Å². The maximum Gasteiger partial charge on any atom is 0.434 e. The number of rotatable bonds is 3. The van der Waals surface area contributed by atoms with E-state index in [4.69, 9.17) is 0 Å². The average molecular weight is 387 g/mol. The van der Waals surface area contributed by atoms with Crippen LogP contribution in [0.15, 0.2) is 43.1 Å². The highest BCUT2D eigenvalue weighted by Gasteiger charge is 2.32. The standard InChI is InChI=1S/C17H12F3N7O/c1-27-8-10(5-24-27)16(28)26-15-3-11-9(4-23-15)2-12(25-11)13-6-22-14(7-21-13)17(18,19)20/h2-8,25H,1H3,(H,23,26,28). The summed E-state index contributed by atoms with van der Waals surface area (Å²) in [6.45, 7) is 0. The molecule has 1 amide bonds. The minimum atomic E-state index is -4.54. The van der Waals surface area contributed by atoms with Crippen LogP contribution >= 0.6 is 0 Å². The highest BCUT2D eigenvalue weighted by molar-refractivity contribution is 6.04. The van der Waals surface area contributed by atoms with Crippen LogP contribution in [0.3, 0.4) is 0 Å². The van der Waals surface area contributed by atoms with Gasteiger partial charge in [0.05, 0.1) is 35.4 Å². The zero-order valence-electron chi connectivity index (χ0n) is 14.3. The quantitative estimate of drug-likeness (QED) is 0.563. The number of nitrogens with one attached hydrogen (secondary N) is 2. The number of nitrogens with zero attached hydrogens (tertiary/aromatic N) is 5. The lowest BCUT2D eigenvalue weighted by molar-refractivity contribution is -0.141. The molecule has 4 rings (SSSR count). The van der Waals surface area contributed by atoms with Crippen LogP contribution in [0, 0.1) is 0 Å². The number of H-pyrrole nitrogens is 1. The van der Waals surface area contributed by atoms with Crippen molar-refractivity contribution in [3.63, 3.8) is 0 Å². The Labute approximate surface area is 155 Å². The van der Waals surface area contributed by atoms with Crippen LogP contribution in [0.4, 0.5) is 19.0 Å². The van der Waals surface area contributed by atoms with Gasteiger partial charge >= 0.3 is 6.18 Å². The summed E-state index contributed by atoms with van der Waals surface area (Å²) >= 11 is 0. The van der Waals surface area contributed by atoms with Gasteiger partial charge in [-0.25, -0.2) is 9.97 Å². The molecule has 28 heavy (non-hydrogen) atoms. The lowest BCUT2D eigenvalue weighted by atomic mass is 10.2. The number of fused-ring (bicyclic) bond motifs is 1. The zero-order chi connectivity index (χ0) is 19.9. The monoisotopic (exact) mass is 387 g/mol. The first-order valence-corrected chi connectivity index (χ1v) is 7.98. The van der Waals surface area contributed by atoms with Gasteiger partial charge in [-0.3, -0.25) is 14.5 Å². The number of anilines is 1. The van der Waals surface area contributed by atoms with Crippen molar-refractivity contribution in [2.45, 2.75) is 6.18 Å². The van der Waals surface area contributed by atoms with Crippen molar-refractivity contribution in [1.29, 1.82) is 0 Å². The minimum Gasteiger partial charge on any atom is -0.353 e. The van der Waals surface area contributed by atoms with E-state index in [-0.39, 0.29) is 11.6 Å². The maximum atomic E-state index is 12.6. The summed E-state index contributed by atoms with van der Waals surface area (Å²) in [5.41, 5.74) is 0.693. The lowest BCUT2D eigenvalue weighted by Crippen LogP contribution is -2.12. The maximum absolute atomic E-state index is 12.6. The second-order valence-corrected chi connectivity index (χ2v) is 5.98. The number of amides is 1. The summed E-state index contributed by atoms with van der Waals surface area (Å²) in [5, 5.41) is 7.30. The van der Waals surface area contributed by atoms with Crippen LogP contribution in [-0.2, 0) is 13.2 Å². The summed E-state index contributed by atoms with van der Waals surface area (Å²) in [6.07, 6.45) is 1.72. The zero-order valence-corrected chi connectivity index (χ0v) is 14.3. The lowest BCUT2D eigenvalue weighted by Gasteiger charge is -2.04. The summed E-state index contributed by atoms with van der Waals surface area (Å²) in [5.74, 6) is -0.0476. The highest BCUT2D eigenvalue weighted by Crippen LogP contribution is 2.28. The molecule has 0 fully saturated rings. The number of hydrogen-bond acceptors (Lipinski definition) is 5. The molecule has 0 radical (unpaired) electrons. The van der Waals surface area contributed by atoms with E-state index in [0.29, 0.717) is 34.2 Å². The Morgan fingerprint density at radius 3 is 2.57 bits per heavy atom. The Morgan fingerprint density at radius 2 is 1.93 bits per heavy atom. The Balaban J connectivity index is 1.59. The second-order valence-electron chi connectivity index (χ2n) is 5.98. The number of hydrogen-bond donors (Lipinski definition) is 2. The SMILES string of the molecule is Cn1cc(C(=O)Nc2cc3[nH]c(-c4cnc(C(F)(F)F)cn4)cc3cn2)cn1. The fourth-order valence-corrected chi connectivity index (χ4v) is 2.57. The number of aryl methyl sites for hydroxylation is 1. The molecule has 0 saturated heterocycles. The van der Waals surface area contributed by atoms with E-state index in [9.17, 15) is 18.0 Å². The predicted molar refractivity (Wildman–Crippen MR) is 93.3 cm³/mol. The van der Waals surface area contributed by atoms with Gasteiger partial charge in [0, 0.05) is 30.9 Å². The minimum absolute atomic E-state index is 0.255. The van der Waals surface area contributed by atoms with Crippen LogP contribution in [-0.4, -0.2) is 35.6 Å². The smallest absolute Gasteiger partial charge is 0.353 e. The molecule has 4 aromatic rings. The molecule has 0 aromatic carbocycles. The number of carbonyl (C=O) groups is 1. The summed E-state index contributed by atoms with van der Waals surface area (Å²) in [7, 11) is 1.70. The van der Waals surface area contributed by atoms with E-state index in [1.807, 2.05) is 0 Å². The van der Waals surface area contributed by atoms with Gasteiger partial charge in [-0.2, -0.15) is 18.3 Å². The molecule has 4 heterocycles. The Kier molecular flexibility index (Phi) is 4.06. The summed E-state index contributed by atoms with van der Waals surface area (Å²) < 4.78 is 39.3. The number of carbonyl (C=O) groups excluding carboxylic acids is 1. The predicted octanol–water partition coefficient (Wildman–Crippen LogP) is 3.02.